The van der Waals surface area contributed by atoms with Crippen molar-refractivity contribution in [1.82, 2.24) is 24.8 Å². The van der Waals surface area contributed by atoms with Gasteiger partial charge in [0.15, 0.2) is 5.65 Å². The molecule has 5 rings (SSSR count). The van der Waals surface area contributed by atoms with Crippen LogP contribution in [0.1, 0.15) is 12.8 Å². The first-order chi connectivity index (χ1) is 16.7. The second-order valence-corrected chi connectivity index (χ2v) is 8.13. The topological polar surface area (TPSA) is 84.3 Å². The van der Waals surface area contributed by atoms with Crippen molar-refractivity contribution in [2.24, 2.45) is 0 Å². The third-order valence-corrected chi connectivity index (χ3v) is 5.77. The summed E-state index contributed by atoms with van der Waals surface area (Å²) in [6.07, 6.45) is 5.60. The summed E-state index contributed by atoms with van der Waals surface area (Å²) < 4.78 is 20.3. The third-order valence-electron chi connectivity index (χ3n) is 5.77. The van der Waals surface area contributed by atoms with Gasteiger partial charge in [-0.2, -0.15) is 0 Å². The maximum Gasteiger partial charge on any atom is 0.327 e. The van der Waals surface area contributed by atoms with E-state index in [1.54, 1.807) is 18.3 Å². The molecule has 1 amide bonds. The minimum Gasteiger partial charge on any atom is -0.457 e. The molecule has 4 aromatic rings. The molecule has 174 valence electrons. The van der Waals surface area contributed by atoms with Crippen LogP contribution >= 0.6 is 0 Å². The average Bonchev–Trinajstić information content (AvgIpc) is 3.52. The largest absolute Gasteiger partial charge is 0.457 e. The fourth-order valence-electron chi connectivity index (χ4n) is 4.01. The van der Waals surface area contributed by atoms with Crippen LogP contribution in [-0.2, 0) is 0 Å². The van der Waals surface area contributed by atoms with Crippen LogP contribution in [0.3, 0.4) is 0 Å². The van der Waals surface area contributed by atoms with Crippen molar-refractivity contribution >= 4 is 28.6 Å². The number of fused-ring (bicyclic) bond motifs is 1. The molecule has 34 heavy (non-hydrogen) atoms. The Bertz CT molecular complexity index is 1270. The predicted octanol–water partition coefficient (Wildman–Crippen LogP) is 4.76. The predicted molar refractivity (Wildman–Crippen MR) is 128 cm³/mol. The summed E-state index contributed by atoms with van der Waals surface area (Å²) in [6.45, 7) is 3.66. The molecule has 1 aliphatic rings. The normalized spacial score (nSPS) is 13.8. The first kappa shape index (κ1) is 21.8. The molecule has 9 heteroatoms. The van der Waals surface area contributed by atoms with Crippen LogP contribution in [0, 0.1) is 5.82 Å². The summed E-state index contributed by atoms with van der Waals surface area (Å²) in [5.41, 5.74) is 1.33. The fraction of sp³-hybridized carbons (Fsp3) is 0.240. The molecule has 2 N–H and O–H groups in total. The Balaban J connectivity index is 1.24. The van der Waals surface area contributed by atoms with Crippen LogP contribution in [0.2, 0.25) is 0 Å². The summed E-state index contributed by atoms with van der Waals surface area (Å²) >= 11 is 0. The Morgan fingerprint density at radius 3 is 2.41 bits per heavy atom. The van der Waals surface area contributed by atoms with E-state index in [-0.39, 0.29) is 11.8 Å². The van der Waals surface area contributed by atoms with Gasteiger partial charge in [-0.3, -0.25) is 4.57 Å². The number of anilines is 2. The number of likely N-dealkylation sites (tertiary alicyclic amines) is 1. The van der Waals surface area contributed by atoms with Crippen LogP contribution in [0.5, 0.6) is 11.5 Å². The van der Waals surface area contributed by atoms with Gasteiger partial charge < -0.3 is 20.3 Å². The smallest absolute Gasteiger partial charge is 0.327 e. The minimum atomic E-state index is -0.309. The first-order valence-corrected chi connectivity index (χ1v) is 11.3. The van der Waals surface area contributed by atoms with Gasteiger partial charge in [0.05, 0.1) is 5.39 Å². The molecular weight excluding hydrogens is 435 g/mol. The van der Waals surface area contributed by atoms with E-state index in [1.165, 1.54) is 35.9 Å². The molecule has 0 unspecified atom stereocenters. The highest BCUT2D eigenvalue weighted by Gasteiger charge is 2.15. The Kier molecular flexibility index (Phi) is 6.35. The minimum absolute atomic E-state index is 0.207. The number of rotatable bonds is 7. The highest BCUT2D eigenvalue weighted by molar-refractivity contribution is 5.95. The lowest BCUT2D eigenvalue weighted by Crippen LogP contribution is -2.35. The molecule has 8 nitrogen and oxygen atoms in total. The molecule has 1 fully saturated rings. The highest BCUT2D eigenvalue weighted by atomic mass is 19.1. The number of hydrogen-bond acceptors (Lipinski definition) is 6. The zero-order valence-corrected chi connectivity index (χ0v) is 18.6. The van der Waals surface area contributed by atoms with Crippen LogP contribution in [0.4, 0.5) is 20.7 Å². The Labute approximate surface area is 196 Å². The number of carbonyl (C=O) groups is 1. The average molecular weight is 461 g/mol. The Hall–Kier alpha value is -3.98. The van der Waals surface area contributed by atoms with Crippen molar-refractivity contribution in [3.8, 4) is 11.5 Å². The van der Waals surface area contributed by atoms with Gasteiger partial charge in [-0.15, -0.1) is 0 Å². The molecule has 1 aliphatic heterocycles. The quantitative estimate of drug-likeness (QED) is 0.414. The summed E-state index contributed by atoms with van der Waals surface area (Å²) in [5.74, 6) is 1.47. The first-order valence-electron chi connectivity index (χ1n) is 11.3. The molecule has 2 aromatic heterocycles. The van der Waals surface area contributed by atoms with Gasteiger partial charge in [0.25, 0.3) is 0 Å². The van der Waals surface area contributed by atoms with E-state index in [2.05, 4.69) is 25.5 Å². The van der Waals surface area contributed by atoms with Crippen molar-refractivity contribution in [1.29, 1.82) is 0 Å². The maximum atomic E-state index is 13.1. The molecule has 0 radical (unpaired) electrons. The van der Waals surface area contributed by atoms with Gasteiger partial charge in [0, 0.05) is 25.0 Å². The number of benzene rings is 2. The van der Waals surface area contributed by atoms with Crippen molar-refractivity contribution in [3.05, 3.63) is 72.9 Å². The molecule has 0 spiro atoms. The number of halogens is 1. The van der Waals surface area contributed by atoms with Crippen LogP contribution in [0.15, 0.2) is 67.1 Å². The molecular formula is C25H25FN6O2. The number of nitrogens with one attached hydrogen (secondary N) is 2. The second kappa shape index (κ2) is 9.88. The number of carbonyl (C=O) groups excluding carboxylic acids is 1. The van der Waals surface area contributed by atoms with E-state index in [9.17, 15) is 9.18 Å². The summed E-state index contributed by atoms with van der Waals surface area (Å²) in [5, 5.41) is 6.98. The molecule has 0 aliphatic carbocycles. The number of hydrogen-bond donors (Lipinski definition) is 2. The highest BCUT2D eigenvalue weighted by Crippen LogP contribution is 2.27. The van der Waals surface area contributed by atoms with Crippen LogP contribution in [-0.4, -0.2) is 51.6 Å². The van der Waals surface area contributed by atoms with Crippen LogP contribution < -0.4 is 15.4 Å². The number of nitrogens with zero attached hydrogens (tertiary/aromatic N) is 4. The summed E-state index contributed by atoms with van der Waals surface area (Å²) in [6, 6.07) is 14.8. The molecule has 3 heterocycles. The number of aromatic nitrogens is 3. The zero-order valence-electron chi connectivity index (χ0n) is 18.6. The van der Waals surface area contributed by atoms with E-state index in [1.807, 2.05) is 30.3 Å². The molecule has 0 saturated carbocycles. The van der Waals surface area contributed by atoms with Gasteiger partial charge >= 0.3 is 6.03 Å². The number of amides is 1. The van der Waals surface area contributed by atoms with E-state index in [0.717, 1.165) is 30.7 Å². The van der Waals surface area contributed by atoms with Crippen LogP contribution in [0.25, 0.3) is 11.0 Å². The van der Waals surface area contributed by atoms with Crippen molar-refractivity contribution in [2.45, 2.75) is 12.8 Å². The molecule has 0 bridgehead atoms. The SMILES string of the molecule is O=C(NCCN1CCCC1)n1ccc2c(Nc3ccc(Oc4ccc(F)cc4)cc3)ncnc21. The lowest BCUT2D eigenvalue weighted by molar-refractivity contribution is 0.240. The van der Waals surface area contributed by atoms with Crippen molar-refractivity contribution in [2.75, 3.05) is 31.5 Å². The molecule has 2 aromatic carbocycles. The Morgan fingerprint density at radius 2 is 1.68 bits per heavy atom. The van der Waals surface area contributed by atoms with E-state index in [4.69, 9.17) is 4.74 Å². The van der Waals surface area contributed by atoms with Gasteiger partial charge in [0.2, 0.25) is 0 Å². The second-order valence-electron chi connectivity index (χ2n) is 8.13. The molecule has 0 atom stereocenters. The van der Waals surface area contributed by atoms with Gasteiger partial charge in [-0.25, -0.2) is 19.2 Å². The van der Waals surface area contributed by atoms with Gasteiger partial charge in [0.1, 0.15) is 29.5 Å². The molecule has 1 saturated heterocycles. The monoisotopic (exact) mass is 460 g/mol. The van der Waals surface area contributed by atoms with Gasteiger partial charge in [-0.1, -0.05) is 0 Å². The van der Waals surface area contributed by atoms with Gasteiger partial charge in [-0.05, 0) is 80.5 Å². The van der Waals surface area contributed by atoms with E-state index >= 15 is 0 Å². The van der Waals surface area contributed by atoms with E-state index < -0.39 is 0 Å². The van der Waals surface area contributed by atoms with Crippen molar-refractivity contribution in [3.63, 3.8) is 0 Å². The third kappa shape index (κ3) is 4.99. The Morgan fingerprint density at radius 1 is 0.971 bits per heavy atom. The van der Waals surface area contributed by atoms with Crippen molar-refractivity contribution < 1.29 is 13.9 Å². The standard InChI is InChI=1S/C25H25FN6O2/c26-18-3-7-20(8-4-18)34-21-9-5-19(6-10-21)30-23-22-11-15-32(24(22)29-17-28-23)25(33)27-12-16-31-13-1-2-14-31/h3-11,15,17H,1-2,12-14,16H2,(H,27,33)(H,28,29,30). The lowest BCUT2D eigenvalue weighted by Gasteiger charge is -2.15. The summed E-state index contributed by atoms with van der Waals surface area (Å²) in [7, 11) is 0. The lowest BCUT2D eigenvalue weighted by atomic mass is 10.3. The zero-order chi connectivity index (χ0) is 23.3. The fourth-order valence-corrected chi connectivity index (χ4v) is 4.01. The number of ether oxygens (including phenoxy) is 1. The maximum absolute atomic E-state index is 13.1. The van der Waals surface area contributed by atoms with E-state index in [0.29, 0.717) is 29.5 Å². The summed E-state index contributed by atoms with van der Waals surface area (Å²) in [4.78, 5) is 23.7.